The molecule has 1 heterocycles. The van der Waals surface area contributed by atoms with E-state index in [2.05, 4.69) is 10.3 Å². The lowest BCUT2D eigenvalue weighted by Crippen LogP contribution is -2.25. The summed E-state index contributed by atoms with van der Waals surface area (Å²) in [6.07, 6.45) is 2.27. The van der Waals surface area contributed by atoms with E-state index in [1.165, 1.54) is 0 Å². The van der Waals surface area contributed by atoms with Gasteiger partial charge in [0.25, 0.3) is 0 Å². The minimum atomic E-state index is 0.315. The molecule has 1 aliphatic rings. The number of hydrogen-bond acceptors (Lipinski definition) is 2. The summed E-state index contributed by atoms with van der Waals surface area (Å²) in [7, 11) is 0. The predicted octanol–water partition coefficient (Wildman–Crippen LogP) is 2.47. The number of halogens is 2. The molecule has 0 unspecified atom stereocenters. The third-order valence-electron chi connectivity index (χ3n) is 1.98. The summed E-state index contributed by atoms with van der Waals surface area (Å²) in [5.41, 5.74) is 0.682. The molecule has 0 radical (unpaired) electrons. The largest absolute Gasteiger partial charge is 0.367 e. The molecule has 0 bridgehead atoms. The monoisotopic (exact) mass is 229 g/mol. The van der Waals surface area contributed by atoms with Crippen molar-refractivity contribution in [3.63, 3.8) is 0 Å². The highest BCUT2D eigenvalue weighted by Crippen LogP contribution is 2.20. The number of nitrogens with zero attached hydrogens (tertiary/aromatic N) is 1. The highest BCUT2D eigenvalue weighted by molar-refractivity contribution is 6.33. The highest BCUT2D eigenvalue weighted by atomic mass is 35.5. The molecule has 0 saturated heterocycles. The quantitative estimate of drug-likeness (QED) is 0.465. The Morgan fingerprint density at radius 1 is 1.36 bits per heavy atom. The molecule has 1 aromatic heterocycles. The molecule has 1 fully saturated rings. The van der Waals surface area contributed by atoms with Crippen molar-refractivity contribution in [3.05, 3.63) is 28.0 Å². The minimum absolute atomic E-state index is 0.315. The van der Waals surface area contributed by atoms with Crippen LogP contribution in [0.3, 0.4) is 0 Å². The molecule has 14 heavy (non-hydrogen) atoms. The van der Waals surface area contributed by atoms with E-state index in [1.807, 2.05) is 0 Å². The Kier molecular flexibility index (Phi) is 2.61. The second-order valence-corrected chi connectivity index (χ2v) is 4.07. The Morgan fingerprint density at radius 2 is 1.93 bits per heavy atom. The van der Waals surface area contributed by atoms with Crippen molar-refractivity contribution in [2.75, 3.05) is 0 Å². The van der Waals surface area contributed by atoms with Gasteiger partial charge in [0, 0.05) is 11.6 Å². The van der Waals surface area contributed by atoms with E-state index in [0.29, 0.717) is 27.7 Å². The van der Waals surface area contributed by atoms with Gasteiger partial charge in [0.15, 0.2) is 0 Å². The topological polar surface area (TPSA) is 48.8 Å². The van der Waals surface area contributed by atoms with Gasteiger partial charge in [-0.15, -0.1) is 0 Å². The summed E-state index contributed by atoms with van der Waals surface area (Å²) in [4.78, 5) is 3.82. The van der Waals surface area contributed by atoms with Crippen molar-refractivity contribution in [2.24, 2.45) is 0 Å². The first-order valence-electron chi connectivity index (χ1n) is 4.34. The number of rotatable bonds is 2. The molecule has 0 amide bonds. The standard InChI is InChI=1S/C9H9Cl2N3/c10-7-3-5(4-8(11)14-7)9(12)13-6-1-2-6/h3-4,6H,1-2H2,(H2,12,13). The van der Waals surface area contributed by atoms with Gasteiger partial charge in [-0.25, -0.2) is 4.98 Å². The molecule has 1 saturated carbocycles. The summed E-state index contributed by atoms with van der Waals surface area (Å²) >= 11 is 11.5. The Hall–Kier alpha value is -0.800. The van der Waals surface area contributed by atoms with Crippen molar-refractivity contribution in [1.82, 2.24) is 10.3 Å². The average Bonchev–Trinajstić information content (AvgIpc) is 2.86. The molecule has 2 rings (SSSR count). The van der Waals surface area contributed by atoms with Crippen LogP contribution < -0.4 is 5.32 Å². The SMILES string of the molecule is N=C(NC1CC1)c1cc(Cl)nc(Cl)c1. The minimum Gasteiger partial charge on any atom is -0.367 e. The van der Waals surface area contributed by atoms with E-state index < -0.39 is 0 Å². The van der Waals surface area contributed by atoms with Crippen LogP contribution in [0.15, 0.2) is 12.1 Å². The van der Waals surface area contributed by atoms with Gasteiger partial charge in [0.05, 0.1) is 0 Å². The molecule has 74 valence electrons. The molecule has 5 heteroatoms. The smallest absolute Gasteiger partial charge is 0.131 e. The van der Waals surface area contributed by atoms with Crippen LogP contribution in [0.2, 0.25) is 10.3 Å². The normalized spacial score (nSPS) is 15.3. The maximum absolute atomic E-state index is 7.74. The Labute approximate surface area is 91.9 Å². The number of pyridine rings is 1. The number of nitrogens with one attached hydrogen (secondary N) is 2. The summed E-state index contributed by atoms with van der Waals surface area (Å²) in [5.74, 6) is 0.360. The van der Waals surface area contributed by atoms with Crippen LogP contribution >= 0.6 is 23.2 Å². The van der Waals surface area contributed by atoms with E-state index in [1.54, 1.807) is 12.1 Å². The Balaban J connectivity index is 2.17. The summed E-state index contributed by atoms with van der Waals surface area (Å²) < 4.78 is 0. The van der Waals surface area contributed by atoms with Crippen molar-refractivity contribution >= 4 is 29.0 Å². The second kappa shape index (κ2) is 3.75. The van der Waals surface area contributed by atoms with Crippen LogP contribution in [0, 0.1) is 5.41 Å². The van der Waals surface area contributed by atoms with Crippen LogP contribution in [0.5, 0.6) is 0 Å². The third kappa shape index (κ3) is 2.36. The van der Waals surface area contributed by atoms with Crippen molar-refractivity contribution in [2.45, 2.75) is 18.9 Å². The van der Waals surface area contributed by atoms with E-state index in [4.69, 9.17) is 28.6 Å². The maximum Gasteiger partial charge on any atom is 0.131 e. The zero-order valence-electron chi connectivity index (χ0n) is 7.35. The van der Waals surface area contributed by atoms with Gasteiger partial charge in [-0.1, -0.05) is 23.2 Å². The van der Waals surface area contributed by atoms with Crippen molar-refractivity contribution in [1.29, 1.82) is 5.41 Å². The fraction of sp³-hybridized carbons (Fsp3) is 0.333. The fourth-order valence-corrected chi connectivity index (χ4v) is 1.58. The number of aromatic nitrogens is 1. The predicted molar refractivity (Wildman–Crippen MR) is 57.2 cm³/mol. The van der Waals surface area contributed by atoms with Gasteiger partial charge in [-0.3, -0.25) is 5.41 Å². The molecular weight excluding hydrogens is 221 g/mol. The highest BCUT2D eigenvalue weighted by Gasteiger charge is 2.22. The van der Waals surface area contributed by atoms with E-state index >= 15 is 0 Å². The average molecular weight is 230 g/mol. The number of hydrogen-bond donors (Lipinski definition) is 2. The first kappa shape index (κ1) is 9.74. The molecule has 0 aliphatic heterocycles. The fourth-order valence-electron chi connectivity index (χ4n) is 1.12. The van der Waals surface area contributed by atoms with E-state index in [9.17, 15) is 0 Å². The van der Waals surface area contributed by atoms with E-state index in [0.717, 1.165) is 12.8 Å². The number of amidine groups is 1. The lowest BCUT2D eigenvalue weighted by Gasteiger charge is -2.06. The maximum atomic E-state index is 7.74. The molecule has 2 N–H and O–H groups in total. The van der Waals surface area contributed by atoms with Crippen LogP contribution in [0.25, 0.3) is 0 Å². The van der Waals surface area contributed by atoms with Crippen LogP contribution in [0.4, 0.5) is 0 Å². The van der Waals surface area contributed by atoms with Crippen LogP contribution in [0.1, 0.15) is 18.4 Å². The summed E-state index contributed by atoms with van der Waals surface area (Å²) in [6, 6.07) is 3.71. The van der Waals surface area contributed by atoms with Gasteiger partial charge >= 0.3 is 0 Å². The van der Waals surface area contributed by atoms with Crippen LogP contribution in [-0.4, -0.2) is 16.9 Å². The van der Waals surface area contributed by atoms with Gasteiger partial charge in [-0.05, 0) is 25.0 Å². The second-order valence-electron chi connectivity index (χ2n) is 3.29. The molecule has 0 spiro atoms. The van der Waals surface area contributed by atoms with E-state index in [-0.39, 0.29) is 0 Å². The zero-order valence-corrected chi connectivity index (χ0v) is 8.86. The first-order chi connectivity index (χ1) is 6.65. The van der Waals surface area contributed by atoms with Gasteiger partial charge in [-0.2, -0.15) is 0 Å². The molecule has 1 aromatic rings. The molecule has 0 aromatic carbocycles. The van der Waals surface area contributed by atoms with Gasteiger partial charge in [0.2, 0.25) is 0 Å². The van der Waals surface area contributed by atoms with Gasteiger partial charge < -0.3 is 5.32 Å². The van der Waals surface area contributed by atoms with Crippen LogP contribution in [-0.2, 0) is 0 Å². The lowest BCUT2D eigenvalue weighted by atomic mass is 10.2. The zero-order chi connectivity index (χ0) is 10.1. The Morgan fingerprint density at radius 3 is 2.43 bits per heavy atom. The van der Waals surface area contributed by atoms with Gasteiger partial charge in [0.1, 0.15) is 16.1 Å². The molecule has 0 atom stereocenters. The molecular formula is C9H9Cl2N3. The van der Waals surface area contributed by atoms with Crippen molar-refractivity contribution < 1.29 is 0 Å². The molecule has 3 nitrogen and oxygen atoms in total. The van der Waals surface area contributed by atoms with Crippen molar-refractivity contribution in [3.8, 4) is 0 Å². The Bertz CT molecular complexity index is 354. The summed E-state index contributed by atoms with van der Waals surface area (Å²) in [5, 5.41) is 11.4. The first-order valence-corrected chi connectivity index (χ1v) is 5.09. The third-order valence-corrected chi connectivity index (χ3v) is 2.36. The lowest BCUT2D eigenvalue weighted by molar-refractivity contribution is 0.901. The summed E-state index contributed by atoms with van der Waals surface area (Å²) in [6.45, 7) is 0. The molecule has 1 aliphatic carbocycles.